The van der Waals surface area contributed by atoms with Gasteiger partial charge in [0.25, 0.3) is 0 Å². The molecule has 0 fully saturated rings. The molecule has 0 aliphatic carbocycles. The number of anilines is 1. The van der Waals surface area contributed by atoms with E-state index in [1.54, 1.807) is 12.1 Å². The lowest BCUT2D eigenvalue weighted by Crippen LogP contribution is -2.16. The molecule has 0 bridgehead atoms. The van der Waals surface area contributed by atoms with Crippen LogP contribution < -0.4 is 4.90 Å². The first-order valence-electron chi connectivity index (χ1n) is 5.76. The maximum absolute atomic E-state index is 8.91. The van der Waals surface area contributed by atoms with Gasteiger partial charge in [0.05, 0.1) is 21.7 Å². The third-order valence-corrected chi connectivity index (χ3v) is 3.71. The fourth-order valence-corrected chi connectivity index (χ4v) is 2.21. The molecule has 2 rings (SSSR count). The highest BCUT2D eigenvalue weighted by atomic mass is 35.5. The van der Waals surface area contributed by atoms with E-state index < -0.39 is 0 Å². The number of benzene rings is 2. The molecule has 0 saturated carbocycles. The predicted octanol–water partition coefficient (Wildman–Crippen LogP) is 4.50. The summed E-state index contributed by atoms with van der Waals surface area (Å²) in [7, 11) is 1.95. The van der Waals surface area contributed by atoms with Gasteiger partial charge in [-0.3, -0.25) is 0 Å². The van der Waals surface area contributed by atoms with Crippen molar-refractivity contribution in [2.24, 2.45) is 0 Å². The highest BCUT2D eigenvalue weighted by Gasteiger charge is 2.08. The molecule has 0 amide bonds. The Bertz CT molecular complexity index is 632. The Morgan fingerprint density at radius 2 is 1.89 bits per heavy atom. The van der Waals surface area contributed by atoms with Crippen molar-refractivity contribution in [3.63, 3.8) is 0 Å². The van der Waals surface area contributed by atoms with E-state index >= 15 is 0 Å². The van der Waals surface area contributed by atoms with Gasteiger partial charge in [-0.1, -0.05) is 41.4 Å². The normalized spacial score (nSPS) is 10.0. The molecule has 4 heteroatoms. The zero-order valence-corrected chi connectivity index (χ0v) is 11.9. The van der Waals surface area contributed by atoms with Crippen LogP contribution in [0.25, 0.3) is 0 Å². The van der Waals surface area contributed by atoms with E-state index in [0.717, 1.165) is 11.3 Å². The summed E-state index contributed by atoms with van der Waals surface area (Å²) in [5, 5.41) is 10.0. The van der Waals surface area contributed by atoms with Crippen LogP contribution in [-0.4, -0.2) is 7.05 Å². The quantitative estimate of drug-likeness (QED) is 0.832. The molecule has 0 aromatic heterocycles. The second-order valence-electron chi connectivity index (χ2n) is 4.23. The third-order valence-electron chi connectivity index (χ3n) is 2.86. The molecule has 96 valence electrons. The van der Waals surface area contributed by atoms with Crippen molar-refractivity contribution in [2.45, 2.75) is 6.54 Å². The van der Waals surface area contributed by atoms with Crippen LogP contribution in [0.5, 0.6) is 0 Å². The molecule has 0 aliphatic rings. The van der Waals surface area contributed by atoms with E-state index in [-0.39, 0.29) is 0 Å². The number of hydrogen-bond acceptors (Lipinski definition) is 2. The van der Waals surface area contributed by atoms with Crippen molar-refractivity contribution in [2.75, 3.05) is 11.9 Å². The molecule has 0 saturated heterocycles. The van der Waals surface area contributed by atoms with Crippen LogP contribution >= 0.6 is 23.2 Å². The summed E-state index contributed by atoms with van der Waals surface area (Å²) in [5.41, 5.74) is 2.57. The monoisotopic (exact) mass is 290 g/mol. The van der Waals surface area contributed by atoms with Crippen molar-refractivity contribution in [1.82, 2.24) is 0 Å². The van der Waals surface area contributed by atoms with Gasteiger partial charge in [0.1, 0.15) is 0 Å². The lowest BCUT2D eigenvalue weighted by atomic mass is 10.1. The minimum absolute atomic E-state index is 0.554. The molecule has 2 nitrogen and oxygen atoms in total. The lowest BCUT2D eigenvalue weighted by molar-refractivity contribution is 0.923. The molecule has 0 unspecified atom stereocenters. The molecule has 2 aromatic rings. The number of halogens is 2. The fraction of sp³-hybridized carbons (Fsp3) is 0.133. The average Bonchev–Trinajstić information content (AvgIpc) is 2.44. The van der Waals surface area contributed by atoms with Crippen LogP contribution in [0.4, 0.5) is 5.69 Å². The summed E-state index contributed by atoms with van der Waals surface area (Å²) in [5.74, 6) is 0. The van der Waals surface area contributed by atoms with Gasteiger partial charge in [0.15, 0.2) is 0 Å². The number of rotatable bonds is 3. The Hall–Kier alpha value is -1.69. The Balaban J connectivity index is 2.23. The van der Waals surface area contributed by atoms with Crippen molar-refractivity contribution in [3.8, 4) is 6.07 Å². The molecule has 0 N–H and O–H groups in total. The molecule has 19 heavy (non-hydrogen) atoms. The summed E-state index contributed by atoms with van der Waals surface area (Å²) in [6, 6.07) is 15.2. The third kappa shape index (κ3) is 3.20. The first kappa shape index (κ1) is 13.7. The van der Waals surface area contributed by atoms with E-state index in [1.165, 1.54) is 0 Å². The fourth-order valence-electron chi connectivity index (χ4n) is 1.83. The summed E-state index contributed by atoms with van der Waals surface area (Å²) >= 11 is 12.2. The molecule has 0 radical (unpaired) electrons. The Morgan fingerprint density at radius 1 is 1.16 bits per heavy atom. The van der Waals surface area contributed by atoms with Crippen LogP contribution in [-0.2, 0) is 6.54 Å². The van der Waals surface area contributed by atoms with Gasteiger partial charge >= 0.3 is 0 Å². The molecular formula is C15H12Cl2N2. The van der Waals surface area contributed by atoms with Crippen molar-refractivity contribution < 1.29 is 0 Å². The minimum atomic E-state index is 0.554. The predicted molar refractivity (Wildman–Crippen MR) is 79.7 cm³/mol. The smallest absolute Gasteiger partial charge is 0.0992 e. The summed E-state index contributed by atoms with van der Waals surface area (Å²) in [6.07, 6.45) is 0. The van der Waals surface area contributed by atoms with Gasteiger partial charge in [-0.15, -0.1) is 0 Å². The van der Waals surface area contributed by atoms with Crippen molar-refractivity contribution >= 4 is 28.9 Å². The van der Waals surface area contributed by atoms with Gasteiger partial charge in [0, 0.05) is 19.3 Å². The van der Waals surface area contributed by atoms with E-state index in [4.69, 9.17) is 28.5 Å². The van der Waals surface area contributed by atoms with E-state index in [2.05, 4.69) is 6.07 Å². The van der Waals surface area contributed by atoms with E-state index in [1.807, 2.05) is 42.3 Å². The molecular weight excluding hydrogens is 279 g/mol. The summed E-state index contributed by atoms with van der Waals surface area (Å²) in [6.45, 7) is 0.633. The highest BCUT2D eigenvalue weighted by Crippen LogP contribution is 2.27. The van der Waals surface area contributed by atoms with Crippen LogP contribution in [0, 0.1) is 11.3 Å². The minimum Gasteiger partial charge on any atom is -0.370 e. The number of nitrogens with zero attached hydrogens (tertiary/aromatic N) is 2. The average molecular weight is 291 g/mol. The summed E-state index contributed by atoms with van der Waals surface area (Å²) < 4.78 is 0. The Labute approximate surface area is 122 Å². The maximum atomic E-state index is 8.91. The molecule has 0 aliphatic heterocycles. The first-order valence-corrected chi connectivity index (χ1v) is 6.51. The van der Waals surface area contributed by atoms with Crippen LogP contribution in [0.2, 0.25) is 10.0 Å². The number of nitriles is 1. The largest absolute Gasteiger partial charge is 0.370 e. The molecule has 2 aromatic carbocycles. The molecule has 0 heterocycles. The van der Waals surface area contributed by atoms with Gasteiger partial charge in [-0.2, -0.15) is 5.26 Å². The van der Waals surface area contributed by atoms with Gasteiger partial charge in [0.2, 0.25) is 0 Å². The topological polar surface area (TPSA) is 27.0 Å². The van der Waals surface area contributed by atoms with Crippen molar-refractivity contribution in [3.05, 3.63) is 63.6 Å². The zero-order valence-electron chi connectivity index (χ0n) is 10.4. The van der Waals surface area contributed by atoms with Gasteiger partial charge < -0.3 is 4.90 Å². The highest BCUT2D eigenvalue weighted by molar-refractivity contribution is 6.42. The molecule has 0 spiro atoms. The van der Waals surface area contributed by atoms with Crippen molar-refractivity contribution in [1.29, 1.82) is 5.26 Å². The van der Waals surface area contributed by atoms with Crippen LogP contribution in [0.1, 0.15) is 11.1 Å². The first-order chi connectivity index (χ1) is 9.11. The van der Waals surface area contributed by atoms with Crippen LogP contribution in [0.3, 0.4) is 0 Å². The Kier molecular flexibility index (Phi) is 4.31. The molecule has 0 atom stereocenters. The maximum Gasteiger partial charge on any atom is 0.0992 e. The zero-order chi connectivity index (χ0) is 13.8. The van der Waals surface area contributed by atoms with E-state index in [9.17, 15) is 0 Å². The van der Waals surface area contributed by atoms with E-state index in [0.29, 0.717) is 22.2 Å². The second kappa shape index (κ2) is 5.97. The summed E-state index contributed by atoms with van der Waals surface area (Å²) in [4.78, 5) is 2.03. The second-order valence-corrected chi connectivity index (χ2v) is 5.02. The van der Waals surface area contributed by atoms with Crippen LogP contribution in [0.15, 0.2) is 42.5 Å². The lowest BCUT2D eigenvalue weighted by Gasteiger charge is -2.20. The Morgan fingerprint density at radius 3 is 2.63 bits per heavy atom. The van der Waals surface area contributed by atoms with Gasteiger partial charge in [-0.05, 0) is 29.8 Å². The standard InChI is InChI=1S/C15H12Cl2N2/c1-19(13-6-2-4-11(8-13)9-18)10-12-5-3-7-14(16)15(12)17/h2-8H,10H2,1H3. The SMILES string of the molecule is CN(Cc1cccc(Cl)c1Cl)c1cccc(C#N)c1. The van der Waals surface area contributed by atoms with Gasteiger partial charge in [-0.25, -0.2) is 0 Å². The number of hydrogen-bond donors (Lipinski definition) is 0.